The van der Waals surface area contributed by atoms with Crippen molar-refractivity contribution < 1.29 is 14.6 Å². The Morgan fingerprint density at radius 1 is 1.38 bits per heavy atom. The van der Waals surface area contributed by atoms with E-state index in [0.29, 0.717) is 0 Å². The topological polar surface area (TPSA) is 46.5 Å². The highest BCUT2D eigenvalue weighted by Crippen LogP contribution is 1.99. The normalized spacial score (nSPS) is 8.15. The van der Waals surface area contributed by atoms with Gasteiger partial charge in [-0.2, -0.15) is 0 Å². The molecule has 13 heavy (non-hydrogen) atoms. The van der Waals surface area contributed by atoms with E-state index in [0.717, 1.165) is 5.56 Å². The van der Waals surface area contributed by atoms with E-state index in [1.807, 2.05) is 35.3 Å². The summed E-state index contributed by atoms with van der Waals surface area (Å²) in [6.07, 6.45) is -1.24. The lowest BCUT2D eigenvalue weighted by molar-refractivity contribution is 0.0854. The van der Waals surface area contributed by atoms with Crippen molar-refractivity contribution in [2.24, 2.45) is 0 Å². The van der Waals surface area contributed by atoms with Gasteiger partial charge in [0.15, 0.2) is 0 Å². The number of ether oxygens (including phenoxy) is 1. The number of carboxylic acid groups (broad SMARTS) is 1. The van der Waals surface area contributed by atoms with Crippen LogP contribution in [0.1, 0.15) is 5.56 Å². The summed E-state index contributed by atoms with van der Waals surface area (Å²) in [5, 5.41) is 8.15. The number of rotatable bonds is 2. The predicted octanol–water partition coefficient (Wildman–Crippen LogP) is 2.93. The van der Waals surface area contributed by atoms with Crippen LogP contribution in [0.5, 0.6) is 0 Å². The van der Waals surface area contributed by atoms with Crippen molar-refractivity contribution in [1.82, 2.24) is 0 Å². The summed E-state index contributed by atoms with van der Waals surface area (Å²) in [6.45, 7) is 0.121. The molecule has 0 saturated heterocycles. The molecule has 1 N–H and O–H groups in total. The molecule has 0 atom stereocenters. The summed E-state index contributed by atoms with van der Waals surface area (Å²) in [4.78, 5) is 11.9. The highest BCUT2D eigenvalue weighted by Gasteiger charge is 1.95. The minimum atomic E-state index is -1.24. The Bertz CT molecular complexity index is 236. The number of benzene rings is 1. The maximum atomic E-state index is 9.95. The van der Waals surface area contributed by atoms with Crippen molar-refractivity contribution in [3.05, 3.63) is 35.9 Å². The molecule has 0 saturated carbocycles. The van der Waals surface area contributed by atoms with Gasteiger partial charge in [0, 0.05) is 0 Å². The van der Waals surface area contributed by atoms with Gasteiger partial charge < -0.3 is 9.84 Å². The zero-order valence-electron chi connectivity index (χ0n) is 7.24. The van der Waals surface area contributed by atoms with E-state index in [-0.39, 0.29) is 6.61 Å². The molecule has 1 aromatic rings. The van der Waals surface area contributed by atoms with Crippen LogP contribution in [-0.2, 0) is 11.3 Å². The molecular weight excluding hydrogens is 283 g/mol. The molecule has 0 aromatic heterocycles. The molecule has 0 bridgehead atoms. The van der Waals surface area contributed by atoms with Gasteiger partial charge in [0.25, 0.3) is 0 Å². The molecule has 0 unspecified atom stereocenters. The molecule has 0 aliphatic heterocycles. The third-order valence-electron chi connectivity index (χ3n) is 1.21. The van der Waals surface area contributed by atoms with Crippen LogP contribution >= 0.6 is 22.6 Å². The van der Waals surface area contributed by atoms with Gasteiger partial charge in [-0.3, -0.25) is 0 Å². The standard InChI is InChI=1S/C8H8O3.CH3I/c9-8(10)11-6-7-4-2-1-3-5-7;1-2/h1-5H,6H2,(H,9,10);1H3. The molecule has 1 rings (SSSR count). The largest absolute Gasteiger partial charge is 0.506 e. The maximum Gasteiger partial charge on any atom is 0.506 e. The second kappa shape index (κ2) is 7.85. The Morgan fingerprint density at radius 2 is 1.92 bits per heavy atom. The summed E-state index contributed by atoms with van der Waals surface area (Å²) in [5.74, 6) is 0. The molecule has 0 spiro atoms. The van der Waals surface area contributed by atoms with Crippen molar-refractivity contribution in [2.75, 3.05) is 4.93 Å². The average molecular weight is 294 g/mol. The molecule has 0 amide bonds. The fourth-order valence-corrected chi connectivity index (χ4v) is 0.719. The second-order valence-corrected chi connectivity index (χ2v) is 2.04. The van der Waals surface area contributed by atoms with Gasteiger partial charge in [0.2, 0.25) is 0 Å². The molecule has 0 heterocycles. The summed E-state index contributed by atoms with van der Waals surface area (Å²) in [6, 6.07) is 9.15. The van der Waals surface area contributed by atoms with Crippen molar-refractivity contribution in [2.45, 2.75) is 6.61 Å². The summed E-state index contributed by atoms with van der Waals surface area (Å²) >= 11 is 2.15. The maximum absolute atomic E-state index is 9.95. The number of carbonyl (C=O) groups is 1. The minimum absolute atomic E-state index is 0.121. The Hall–Kier alpha value is -0.780. The molecule has 1 aromatic carbocycles. The van der Waals surface area contributed by atoms with E-state index >= 15 is 0 Å². The quantitative estimate of drug-likeness (QED) is 0.518. The summed E-state index contributed by atoms with van der Waals surface area (Å²) < 4.78 is 4.34. The van der Waals surface area contributed by atoms with E-state index in [1.165, 1.54) is 0 Å². The molecule has 4 heteroatoms. The predicted molar refractivity (Wildman–Crippen MR) is 59.2 cm³/mol. The van der Waals surface area contributed by atoms with Crippen molar-refractivity contribution >= 4 is 28.7 Å². The van der Waals surface area contributed by atoms with E-state index in [1.54, 1.807) is 0 Å². The summed E-state index contributed by atoms with van der Waals surface area (Å²) in [5.41, 5.74) is 0.856. The van der Waals surface area contributed by atoms with Gasteiger partial charge in [-0.15, -0.1) is 0 Å². The van der Waals surface area contributed by atoms with Gasteiger partial charge >= 0.3 is 6.16 Å². The van der Waals surface area contributed by atoms with E-state index < -0.39 is 6.16 Å². The summed E-state index contributed by atoms with van der Waals surface area (Å²) in [7, 11) is 0. The first-order valence-electron chi connectivity index (χ1n) is 3.56. The first-order chi connectivity index (χ1) is 6.29. The highest BCUT2D eigenvalue weighted by molar-refractivity contribution is 14.1. The van der Waals surface area contributed by atoms with Crippen LogP contribution in [0.4, 0.5) is 4.79 Å². The SMILES string of the molecule is CI.O=C(O)OCc1ccccc1. The van der Waals surface area contributed by atoms with Crippen LogP contribution in [0, 0.1) is 0 Å². The van der Waals surface area contributed by atoms with Crippen LogP contribution < -0.4 is 0 Å². The van der Waals surface area contributed by atoms with Gasteiger partial charge in [-0.1, -0.05) is 52.9 Å². The van der Waals surface area contributed by atoms with Crippen LogP contribution in [0.2, 0.25) is 0 Å². The van der Waals surface area contributed by atoms with Gasteiger partial charge in [0.05, 0.1) is 0 Å². The molecule has 0 radical (unpaired) electrons. The lowest BCUT2D eigenvalue weighted by Crippen LogP contribution is -1.99. The van der Waals surface area contributed by atoms with Gasteiger partial charge in [0.1, 0.15) is 6.61 Å². The lowest BCUT2D eigenvalue weighted by atomic mass is 10.2. The van der Waals surface area contributed by atoms with E-state index in [9.17, 15) is 4.79 Å². The number of alkyl halides is 1. The number of halogens is 1. The number of hydrogen-bond acceptors (Lipinski definition) is 2. The zero-order chi connectivity index (χ0) is 10.1. The van der Waals surface area contributed by atoms with Crippen LogP contribution in [0.3, 0.4) is 0 Å². The Kier molecular flexibility index (Phi) is 7.38. The third-order valence-corrected chi connectivity index (χ3v) is 1.21. The fraction of sp³-hybridized carbons (Fsp3) is 0.222. The molecule has 0 aliphatic rings. The molecular formula is C9H11IO3. The van der Waals surface area contributed by atoms with E-state index in [2.05, 4.69) is 27.3 Å². The minimum Gasteiger partial charge on any atom is -0.450 e. The van der Waals surface area contributed by atoms with Crippen molar-refractivity contribution in [3.63, 3.8) is 0 Å². The average Bonchev–Trinajstić information content (AvgIpc) is 2.19. The van der Waals surface area contributed by atoms with E-state index in [4.69, 9.17) is 5.11 Å². The molecule has 72 valence electrons. The number of hydrogen-bond donors (Lipinski definition) is 1. The van der Waals surface area contributed by atoms with Crippen molar-refractivity contribution in [3.8, 4) is 0 Å². The lowest BCUT2D eigenvalue weighted by Gasteiger charge is -1.98. The molecule has 0 aliphatic carbocycles. The zero-order valence-corrected chi connectivity index (χ0v) is 9.39. The fourth-order valence-electron chi connectivity index (χ4n) is 0.719. The van der Waals surface area contributed by atoms with Gasteiger partial charge in [-0.25, -0.2) is 4.79 Å². The highest BCUT2D eigenvalue weighted by atomic mass is 127. The molecule has 3 nitrogen and oxygen atoms in total. The smallest absolute Gasteiger partial charge is 0.450 e. The second-order valence-electron chi connectivity index (χ2n) is 2.04. The van der Waals surface area contributed by atoms with Crippen molar-refractivity contribution in [1.29, 1.82) is 0 Å². The Labute approximate surface area is 90.9 Å². The first-order valence-corrected chi connectivity index (χ1v) is 5.72. The Morgan fingerprint density at radius 3 is 2.38 bits per heavy atom. The molecule has 0 fully saturated rings. The van der Waals surface area contributed by atoms with Gasteiger partial charge in [-0.05, 0) is 10.5 Å². The van der Waals surface area contributed by atoms with Crippen LogP contribution in [0.25, 0.3) is 0 Å². The third kappa shape index (κ3) is 6.39. The van der Waals surface area contributed by atoms with Crippen LogP contribution in [-0.4, -0.2) is 16.2 Å². The monoisotopic (exact) mass is 294 g/mol. The van der Waals surface area contributed by atoms with Crippen LogP contribution in [0.15, 0.2) is 30.3 Å². The Balaban J connectivity index is 0.000000671. The first kappa shape index (κ1) is 12.2.